The minimum atomic E-state index is -0.214. The van der Waals surface area contributed by atoms with Crippen molar-refractivity contribution in [1.29, 1.82) is 0 Å². The Morgan fingerprint density at radius 2 is 2.09 bits per heavy atom. The summed E-state index contributed by atoms with van der Waals surface area (Å²) in [6.07, 6.45) is 8.69. The van der Waals surface area contributed by atoms with E-state index < -0.39 is 0 Å². The van der Waals surface area contributed by atoms with E-state index >= 15 is 0 Å². The molecule has 0 unspecified atom stereocenters. The Morgan fingerprint density at radius 1 is 1.23 bits per heavy atom. The van der Waals surface area contributed by atoms with Crippen molar-refractivity contribution < 1.29 is 4.79 Å². The van der Waals surface area contributed by atoms with Crippen LogP contribution in [0.15, 0.2) is 43.0 Å². The average Bonchev–Trinajstić information content (AvgIpc) is 2.57. The van der Waals surface area contributed by atoms with Gasteiger partial charge < -0.3 is 15.5 Å². The Hall–Kier alpha value is -2.70. The van der Waals surface area contributed by atoms with Gasteiger partial charge in [-0.05, 0) is 31.0 Å². The first kappa shape index (κ1) is 14.2. The summed E-state index contributed by atoms with van der Waals surface area (Å²) in [6, 6.07) is 5.25. The smallest absolute Gasteiger partial charge is 0.319 e. The van der Waals surface area contributed by atoms with Crippen LogP contribution in [0.1, 0.15) is 12.8 Å². The lowest BCUT2D eigenvalue weighted by Gasteiger charge is -2.33. The van der Waals surface area contributed by atoms with Crippen molar-refractivity contribution in [1.82, 2.24) is 20.3 Å². The predicted octanol–water partition coefficient (Wildman–Crippen LogP) is 1.66. The van der Waals surface area contributed by atoms with Crippen LogP contribution in [0.3, 0.4) is 0 Å². The molecule has 22 heavy (non-hydrogen) atoms. The van der Waals surface area contributed by atoms with Crippen LogP contribution in [-0.2, 0) is 0 Å². The van der Waals surface area contributed by atoms with E-state index in [9.17, 15) is 4.79 Å². The third-order valence-electron chi connectivity index (χ3n) is 3.51. The van der Waals surface area contributed by atoms with E-state index in [1.54, 1.807) is 43.0 Å². The fourth-order valence-corrected chi connectivity index (χ4v) is 2.52. The van der Waals surface area contributed by atoms with Gasteiger partial charge in [0, 0.05) is 37.7 Å². The summed E-state index contributed by atoms with van der Waals surface area (Å²) in [7, 11) is 0. The van der Waals surface area contributed by atoms with Gasteiger partial charge in [0.2, 0.25) is 5.95 Å². The molecule has 2 N–H and O–H groups in total. The Balaban J connectivity index is 1.55. The fourth-order valence-electron chi connectivity index (χ4n) is 2.52. The van der Waals surface area contributed by atoms with E-state index in [0.717, 1.165) is 19.4 Å². The summed E-state index contributed by atoms with van der Waals surface area (Å²) in [6.45, 7) is 1.62. The number of nitrogens with one attached hydrogen (secondary N) is 2. The molecule has 0 aliphatic carbocycles. The van der Waals surface area contributed by atoms with Crippen LogP contribution in [0.4, 0.5) is 16.4 Å². The molecule has 0 radical (unpaired) electrons. The molecule has 1 saturated heterocycles. The Morgan fingerprint density at radius 3 is 2.86 bits per heavy atom. The molecular weight excluding hydrogens is 280 g/mol. The molecule has 3 rings (SSSR count). The van der Waals surface area contributed by atoms with Gasteiger partial charge in [0.15, 0.2) is 0 Å². The fraction of sp³-hybridized carbons (Fsp3) is 0.333. The second kappa shape index (κ2) is 6.84. The molecule has 0 spiro atoms. The van der Waals surface area contributed by atoms with Crippen LogP contribution in [0, 0.1) is 0 Å². The van der Waals surface area contributed by atoms with Gasteiger partial charge in [-0.1, -0.05) is 0 Å². The highest BCUT2D eigenvalue weighted by molar-refractivity contribution is 5.89. The zero-order chi connectivity index (χ0) is 15.2. The van der Waals surface area contributed by atoms with E-state index in [2.05, 4.69) is 30.5 Å². The summed E-state index contributed by atoms with van der Waals surface area (Å²) in [5.41, 5.74) is 0.680. The van der Waals surface area contributed by atoms with Gasteiger partial charge in [0.25, 0.3) is 0 Å². The minimum Gasteiger partial charge on any atom is -0.339 e. The van der Waals surface area contributed by atoms with Crippen molar-refractivity contribution in [3.05, 3.63) is 43.0 Å². The van der Waals surface area contributed by atoms with E-state index in [4.69, 9.17) is 0 Å². The number of urea groups is 1. The van der Waals surface area contributed by atoms with Gasteiger partial charge in [0.05, 0.1) is 11.9 Å². The lowest BCUT2D eigenvalue weighted by atomic mass is 10.1. The van der Waals surface area contributed by atoms with Crippen molar-refractivity contribution in [3.8, 4) is 0 Å². The van der Waals surface area contributed by atoms with Crippen molar-refractivity contribution in [2.75, 3.05) is 23.3 Å². The zero-order valence-corrected chi connectivity index (χ0v) is 12.1. The first-order valence-corrected chi connectivity index (χ1v) is 7.31. The SMILES string of the molecule is O=C(Nc1cccnc1)N[C@H]1CCCN(c2ncccn2)C1. The summed E-state index contributed by atoms with van der Waals surface area (Å²) in [5, 5.41) is 5.77. The zero-order valence-electron chi connectivity index (χ0n) is 12.1. The second-order valence-corrected chi connectivity index (χ2v) is 5.17. The molecule has 0 bridgehead atoms. The highest BCUT2D eigenvalue weighted by Crippen LogP contribution is 2.15. The first-order valence-electron chi connectivity index (χ1n) is 7.31. The Labute approximate surface area is 128 Å². The molecule has 7 heteroatoms. The highest BCUT2D eigenvalue weighted by Gasteiger charge is 2.22. The van der Waals surface area contributed by atoms with Gasteiger partial charge in [0.1, 0.15) is 0 Å². The minimum absolute atomic E-state index is 0.0780. The third kappa shape index (κ3) is 3.69. The van der Waals surface area contributed by atoms with Crippen molar-refractivity contribution in [2.24, 2.45) is 0 Å². The molecule has 1 atom stereocenters. The van der Waals surface area contributed by atoms with Crippen LogP contribution in [-0.4, -0.2) is 40.1 Å². The molecule has 0 aromatic carbocycles. The summed E-state index contributed by atoms with van der Waals surface area (Å²) in [4.78, 5) is 26.6. The van der Waals surface area contributed by atoms with Crippen LogP contribution >= 0.6 is 0 Å². The molecule has 3 heterocycles. The number of carbonyl (C=O) groups excluding carboxylic acids is 1. The van der Waals surface area contributed by atoms with Crippen LogP contribution in [0.2, 0.25) is 0 Å². The van der Waals surface area contributed by atoms with Gasteiger partial charge in [-0.3, -0.25) is 4.98 Å². The quantitative estimate of drug-likeness (QED) is 0.900. The molecule has 114 valence electrons. The number of anilines is 2. The standard InChI is InChI=1S/C15H18N6O/c22-15(19-12-4-1-6-16-10-12)20-13-5-2-9-21(11-13)14-17-7-3-8-18-14/h1,3-4,6-8,10,13H,2,5,9,11H2,(H2,19,20,22)/t13-/m0/s1. The molecule has 2 aromatic rings. The van der Waals surface area contributed by atoms with Gasteiger partial charge in [-0.2, -0.15) is 0 Å². The maximum atomic E-state index is 12.0. The van der Waals surface area contributed by atoms with Gasteiger partial charge in [-0.25, -0.2) is 14.8 Å². The molecule has 0 saturated carbocycles. The van der Waals surface area contributed by atoms with Crippen LogP contribution < -0.4 is 15.5 Å². The molecule has 1 aliphatic rings. The topological polar surface area (TPSA) is 83.0 Å². The molecule has 1 aliphatic heterocycles. The van der Waals surface area contributed by atoms with E-state index in [-0.39, 0.29) is 12.1 Å². The summed E-state index contributed by atoms with van der Waals surface area (Å²) >= 11 is 0. The number of hydrogen-bond donors (Lipinski definition) is 2. The Kier molecular flexibility index (Phi) is 4.43. The number of piperidine rings is 1. The third-order valence-corrected chi connectivity index (χ3v) is 3.51. The van der Waals surface area contributed by atoms with Gasteiger partial charge >= 0.3 is 6.03 Å². The van der Waals surface area contributed by atoms with Crippen molar-refractivity contribution >= 4 is 17.7 Å². The van der Waals surface area contributed by atoms with Crippen LogP contribution in [0.5, 0.6) is 0 Å². The summed E-state index contributed by atoms with van der Waals surface area (Å²) in [5.74, 6) is 0.710. The monoisotopic (exact) mass is 298 g/mol. The maximum Gasteiger partial charge on any atom is 0.319 e. The number of carbonyl (C=O) groups is 1. The largest absolute Gasteiger partial charge is 0.339 e. The number of pyridine rings is 1. The maximum absolute atomic E-state index is 12.0. The first-order chi connectivity index (χ1) is 10.8. The predicted molar refractivity (Wildman–Crippen MR) is 83.7 cm³/mol. The lowest BCUT2D eigenvalue weighted by Crippen LogP contribution is -2.49. The molecular formula is C15H18N6O. The van der Waals surface area contributed by atoms with Crippen molar-refractivity contribution in [2.45, 2.75) is 18.9 Å². The molecule has 1 fully saturated rings. The number of nitrogens with zero attached hydrogens (tertiary/aromatic N) is 4. The molecule has 2 amide bonds. The number of rotatable bonds is 3. The molecule has 7 nitrogen and oxygen atoms in total. The van der Waals surface area contributed by atoms with Gasteiger partial charge in [-0.15, -0.1) is 0 Å². The van der Waals surface area contributed by atoms with Crippen LogP contribution in [0.25, 0.3) is 0 Å². The second-order valence-electron chi connectivity index (χ2n) is 5.17. The average molecular weight is 298 g/mol. The summed E-state index contributed by atoms with van der Waals surface area (Å²) < 4.78 is 0. The Bertz CT molecular complexity index is 606. The number of aromatic nitrogens is 3. The van der Waals surface area contributed by atoms with E-state index in [1.165, 1.54) is 0 Å². The molecule has 2 aromatic heterocycles. The normalized spacial score (nSPS) is 17.8. The number of amides is 2. The number of hydrogen-bond acceptors (Lipinski definition) is 5. The van der Waals surface area contributed by atoms with E-state index in [1.807, 2.05) is 0 Å². The lowest BCUT2D eigenvalue weighted by molar-refractivity contribution is 0.246. The van der Waals surface area contributed by atoms with Crippen molar-refractivity contribution in [3.63, 3.8) is 0 Å². The van der Waals surface area contributed by atoms with E-state index in [0.29, 0.717) is 18.2 Å². The highest BCUT2D eigenvalue weighted by atomic mass is 16.2.